The van der Waals surface area contributed by atoms with Crippen LogP contribution in [0.15, 0.2) is 11.4 Å². The van der Waals surface area contributed by atoms with Gasteiger partial charge in [0.2, 0.25) is 0 Å². The van der Waals surface area contributed by atoms with E-state index >= 15 is 0 Å². The van der Waals surface area contributed by atoms with Crippen LogP contribution in [0.2, 0.25) is 0 Å². The molecule has 0 aromatic carbocycles. The molecule has 1 heterocycles. The van der Waals surface area contributed by atoms with Gasteiger partial charge < -0.3 is 5.32 Å². The first-order valence-electron chi connectivity index (χ1n) is 2.06. The van der Waals surface area contributed by atoms with Gasteiger partial charge in [0.1, 0.15) is 0 Å². The van der Waals surface area contributed by atoms with Crippen molar-refractivity contribution >= 4 is 16.3 Å². The molecule has 3 heteroatoms. The molecule has 1 aromatic heterocycles. The Morgan fingerprint density at radius 2 is 2.50 bits per heavy atom. The van der Waals surface area contributed by atoms with E-state index in [0.29, 0.717) is 0 Å². The smallest absolute Gasteiger partial charge is 0.397 e. The van der Waals surface area contributed by atoms with Gasteiger partial charge in [0.15, 0.2) is 0 Å². The van der Waals surface area contributed by atoms with Crippen LogP contribution in [-0.4, -0.2) is 7.05 Å². The van der Waals surface area contributed by atoms with Gasteiger partial charge in [-0.1, -0.05) is 0 Å². The van der Waals surface area contributed by atoms with Crippen LogP contribution in [0.3, 0.4) is 0 Å². The second-order valence-electron chi connectivity index (χ2n) is 1.14. The summed E-state index contributed by atoms with van der Waals surface area (Å²) in [6.45, 7) is 0. The molecule has 0 spiro atoms. The van der Waals surface area contributed by atoms with Crippen molar-refractivity contribution in [2.24, 2.45) is 0 Å². The normalized spacial score (nSPS) is 7.62. The average Bonchev–Trinajstić information content (AvgIpc) is 2.14. The maximum atomic E-state index is 2.99. The van der Waals surface area contributed by atoms with Crippen molar-refractivity contribution in [3.8, 4) is 0 Å². The number of nitrogens with one attached hydrogen (secondary N) is 1. The minimum atomic E-state index is 0. The molecule has 1 rings (SSSR count). The molecular formula is C5H6KNS. The molecule has 0 aliphatic rings. The quantitative estimate of drug-likeness (QED) is 0.384. The largest absolute Gasteiger partial charge is 1.00 e. The van der Waals surface area contributed by atoms with E-state index in [-0.39, 0.29) is 51.4 Å². The molecule has 0 unspecified atom stereocenters. The predicted octanol–water partition coefficient (Wildman–Crippen LogP) is -1.41. The first kappa shape index (κ1) is 9.14. The number of thiophene rings is 1. The summed E-state index contributed by atoms with van der Waals surface area (Å²) in [4.78, 5) is 0. The second kappa shape index (κ2) is 4.96. The zero-order chi connectivity index (χ0) is 5.11. The van der Waals surface area contributed by atoms with E-state index < -0.39 is 0 Å². The average molecular weight is 151 g/mol. The summed E-state index contributed by atoms with van der Waals surface area (Å²) in [5.41, 5.74) is 0. The molecule has 1 N–H and O–H groups in total. The van der Waals surface area contributed by atoms with E-state index in [9.17, 15) is 0 Å². The monoisotopic (exact) mass is 151 g/mol. The summed E-state index contributed by atoms with van der Waals surface area (Å²) in [6.07, 6.45) is 0. The SMILES string of the molecule is CNc1[c-]ccs1.[K+]. The Bertz CT molecular complexity index is 127. The van der Waals surface area contributed by atoms with Crippen molar-refractivity contribution in [2.75, 3.05) is 12.4 Å². The van der Waals surface area contributed by atoms with Crippen LogP contribution in [0.25, 0.3) is 0 Å². The van der Waals surface area contributed by atoms with Crippen LogP contribution in [0.1, 0.15) is 0 Å². The van der Waals surface area contributed by atoms with Crippen molar-refractivity contribution in [3.05, 3.63) is 17.5 Å². The second-order valence-corrected chi connectivity index (χ2v) is 2.06. The standard InChI is InChI=1S/C5H6NS.K/c1-6-5-3-2-4-7-5;/h2,4,6H,1H3;/q-1;+1. The number of anilines is 1. The molecule has 8 heavy (non-hydrogen) atoms. The van der Waals surface area contributed by atoms with E-state index in [1.54, 1.807) is 11.3 Å². The van der Waals surface area contributed by atoms with Gasteiger partial charge in [-0.25, -0.2) is 23.5 Å². The molecule has 0 atom stereocenters. The Kier molecular flexibility index (Phi) is 5.67. The molecule has 1 aromatic rings. The Labute approximate surface area is 95.9 Å². The molecule has 0 radical (unpaired) electrons. The predicted molar refractivity (Wildman–Crippen MR) is 32.7 cm³/mol. The van der Waals surface area contributed by atoms with Gasteiger partial charge in [0.25, 0.3) is 0 Å². The van der Waals surface area contributed by atoms with E-state index in [1.165, 1.54) is 0 Å². The van der Waals surface area contributed by atoms with Crippen molar-refractivity contribution in [1.82, 2.24) is 0 Å². The fourth-order valence-electron chi connectivity index (χ4n) is 0.377. The third kappa shape index (κ3) is 2.62. The van der Waals surface area contributed by atoms with Gasteiger partial charge in [-0.3, -0.25) is 0 Å². The van der Waals surface area contributed by atoms with E-state index in [2.05, 4.69) is 11.4 Å². The molecular weight excluding hydrogens is 145 g/mol. The van der Waals surface area contributed by atoms with E-state index in [4.69, 9.17) is 0 Å². The van der Waals surface area contributed by atoms with Crippen molar-refractivity contribution in [3.63, 3.8) is 0 Å². The van der Waals surface area contributed by atoms with Crippen LogP contribution in [0.5, 0.6) is 0 Å². The van der Waals surface area contributed by atoms with Gasteiger partial charge in [-0.05, 0) is 5.00 Å². The number of hydrogen-bond donors (Lipinski definition) is 1. The van der Waals surface area contributed by atoms with Gasteiger partial charge in [-0.2, -0.15) is 5.38 Å². The van der Waals surface area contributed by atoms with E-state index in [1.807, 2.05) is 18.5 Å². The fourth-order valence-corrected chi connectivity index (χ4v) is 0.903. The third-order valence-electron chi connectivity index (χ3n) is 0.695. The molecule has 0 aliphatic heterocycles. The Morgan fingerprint density at radius 3 is 2.75 bits per heavy atom. The molecule has 1 nitrogen and oxygen atoms in total. The zero-order valence-electron chi connectivity index (χ0n) is 5.06. The van der Waals surface area contributed by atoms with Crippen molar-refractivity contribution in [1.29, 1.82) is 0 Å². The first-order chi connectivity index (χ1) is 3.43. The molecule has 0 bridgehead atoms. The Hall–Kier alpha value is 1.14. The van der Waals surface area contributed by atoms with Crippen molar-refractivity contribution in [2.45, 2.75) is 0 Å². The molecule has 0 fully saturated rings. The van der Waals surface area contributed by atoms with Crippen LogP contribution in [0, 0.1) is 6.07 Å². The van der Waals surface area contributed by atoms with Gasteiger partial charge in [-0.15, -0.1) is 0 Å². The molecule has 0 aliphatic carbocycles. The molecule has 0 saturated carbocycles. The Balaban J connectivity index is 0.000000490. The van der Waals surface area contributed by atoms with E-state index in [0.717, 1.165) is 5.00 Å². The number of rotatable bonds is 1. The van der Waals surface area contributed by atoms with Gasteiger partial charge >= 0.3 is 51.4 Å². The maximum absolute atomic E-state index is 2.99. The fraction of sp³-hybridized carbons (Fsp3) is 0.200. The summed E-state index contributed by atoms with van der Waals surface area (Å²) >= 11 is 1.66. The summed E-state index contributed by atoms with van der Waals surface area (Å²) in [5.74, 6) is 0. The minimum Gasteiger partial charge on any atom is -0.397 e. The maximum Gasteiger partial charge on any atom is 1.00 e. The third-order valence-corrected chi connectivity index (χ3v) is 1.53. The Morgan fingerprint density at radius 1 is 1.75 bits per heavy atom. The van der Waals surface area contributed by atoms with Crippen LogP contribution >= 0.6 is 11.3 Å². The molecule has 0 saturated heterocycles. The van der Waals surface area contributed by atoms with Crippen molar-refractivity contribution < 1.29 is 51.4 Å². The molecule has 0 amide bonds. The summed E-state index contributed by atoms with van der Waals surface area (Å²) in [7, 11) is 1.89. The number of hydrogen-bond acceptors (Lipinski definition) is 2. The van der Waals surface area contributed by atoms with Gasteiger partial charge in [0.05, 0.1) is 0 Å². The van der Waals surface area contributed by atoms with Crippen LogP contribution in [-0.2, 0) is 0 Å². The molecule has 38 valence electrons. The van der Waals surface area contributed by atoms with Gasteiger partial charge in [0, 0.05) is 7.05 Å². The summed E-state index contributed by atoms with van der Waals surface area (Å²) < 4.78 is 0. The summed E-state index contributed by atoms with van der Waals surface area (Å²) in [6, 6.07) is 4.89. The minimum absolute atomic E-state index is 0. The van der Waals surface area contributed by atoms with Crippen LogP contribution in [0.4, 0.5) is 5.00 Å². The summed E-state index contributed by atoms with van der Waals surface area (Å²) in [5, 5.41) is 6.06. The van der Waals surface area contributed by atoms with Crippen LogP contribution < -0.4 is 56.7 Å². The topological polar surface area (TPSA) is 12.0 Å². The zero-order valence-corrected chi connectivity index (χ0v) is 9.00. The first-order valence-corrected chi connectivity index (χ1v) is 2.94.